The summed E-state index contributed by atoms with van der Waals surface area (Å²) < 4.78 is 0. The number of benzene rings is 1. The number of hydrogen-bond donors (Lipinski definition) is 1. The van der Waals surface area contributed by atoms with Gasteiger partial charge in [0.2, 0.25) is 0 Å². The molecule has 0 aliphatic carbocycles. The molecule has 20 heavy (non-hydrogen) atoms. The fourth-order valence-corrected chi connectivity index (χ4v) is 3.68. The lowest BCUT2D eigenvalue weighted by Crippen LogP contribution is -2.34. The minimum Gasteiger partial charge on any atom is -0.478 e. The molecule has 0 atom stereocenters. The zero-order valence-corrected chi connectivity index (χ0v) is 13.1. The number of hydrogen-bond acceptors (Lipinski definition) is 3. The van der Waals surface area contributed by atoms with E-state index in [2.05, 4.69) is 18.7 Å². The average molecular weight is 293 g/mol. The molecule has 1 saturated heterocycles. The Bertz CT molecular complexity index is 468. The summed E-state index contributed by atoms with van der Waals surface area (Å²) in [5.41, 5.74) is 1.37. The third kappa shape index (κ3) is 3.29. The number of aromatic carboxylic acids is 1. The monoisotopic (exact) mass is 293 g/mol. The van der Waals surface area contributed by atoms with Gasteiger partial charge in [0.1, 0.15) is 0 Å². The third-order valence-corrected chi connectivity index (χ3v) is 4.99. The van der Waals surface area contributed by atoms with Gasteiger partial charge in [-0.3, -0.25) is 0 Å². The molecule has 0 saturated carbocycles. The van der Waals surface area contributed by atoms with Gasteiger partial charge < -0.3 is 10.0 Å². The van der Waals surface area contributed by atoms with E-state index in [1.807, 2.05) is 18.2 Å². The summed E-state index contributed by atoms with van der Waals surface area (Å²) in [4.78, 5) is 14.8. The van der Waals surface area contributed by atoms with E-state index in [1.54, 1.807) is 11.8 Å². The van der Waals surface area contributed by atoms with Crippen molar-refractivity contribution in [3.63, 3.8) is 0 Å². The van der Waals surface area contributed by atoms with Gasteiger partial charge in [0.25, 0.3) is 0 Å². The van der Waals surface area contributed by atoms with Crippen molar-refractivity contribution < 1.29 is 9.90 Å². The van der Waals surface area contributed by atoms with E-state index in [0.29, 0.717) is 5.56 Å². The second-order valence-corrected chi connectivity index (χ2v) is 6.53. The van der Waals surface area contributed by atoms with Crippen LogP contribution in [0.15, 0.2) is 23.1 Å². The summed E-state index contributed by atoms with van der Waals surface area (Å²) in [6.07, 6.45) is 3.56. The van der Waals surface area contributed by atoms with Crippen molar-refractivity contribution >= 4 is 23.4 Å². The molecule has 0 unspecified atom stereocenters. The molecule has 1 aromatic rings. The fraction of sp³-hybridized carbons (Fsp3) is 0.562. The van der Waals surface area contributed by atoms with Gasteiger partial charge in [0.05, 0.1) is 11.3 Å². The molecule has 0 spiro atoms. The summed E-state index contributed by atoms with van der Waals surface area (Å²) in [6, 6.07) is 5.85. The number of rotatable bonds is 5. The van der Waals surface area contributed by atoms with Crippen LogP contribution < -0.4 is 4.90 Å². The lowest BCUT2D eigenvalue weighted by Gasteiger charge is -2.34. The van der Waals surface area contributed by atoms with Crippen molar-refractivity contribution in [3.8, 4) is 0 Å². The normalized spacial score (nSPS) is 16.4. The van der Waals surface area contributed by atoms with Crippen LogP contribution in [0.25, 0.3) is 0 Å². The average Bonchev–Trinajstić information content (AvgIpc) is 2.47. The van der Waals surface area contributed by atoms with Gasteiger partial charge in [0, 0.05) is 18.0 Å². The Balaban J connectivity index is 2.27. The maximum atomic E-state index is 11.6. The standard InChI is InChI=1S/C16H23NO2S/c1-3-12-8-10-17(11-9-12)13-6-5-7-14(20-4-2)15(13)16(18)19/h5-7,12H,3-4,8-11H2,1-2H3,(H,18,19). The number of anilines is 1. The summed E-state index contributed by atoms with van der Waals surface area (Å²) in [7, 11) is 0. The van der Waals surface area contributed by atoms with E-state index in [4.69, 9.17) is 0 Å². The van der Waals surface area contributed by atoms with Crippen molar-refractivity contribution in [2.45, 2.75) is 38.0 Å². The summed E-state index contributed by atoms with van der Waals surface area (Å²) >= 11 is 1.61. The largest absolute Gasteiger partial charge is 0.478 e. The highest BCUT2D eigenvalue weighted by Gasteiger charge is 2.23. The smallest absolute Gasteiger partial charge is 0.338 e. The van der Waals surface area contributed by atoms with Crippen LogP contribution in [-0.4, -0.2) is 29.9 Å². The molecule has 1 aliphatic rings. The second kappa shape index (κ2) is 7.02. The predicted molar refractivity (Wildman–Crippen MR) is 85.0 cm³/mol. The first-order valence-electron chi connectivity index (χ1n) is 7.41. The van der Waals surface area contributed by atoms with Gasteiger partial charge in [-0.1, -0.05) is 26.3 Å². The Morgan fingerprint density at radius 2 is 2.05 bits per heavy atom. The van der Waals surface area contributed by atoms with Crippen LogP contribution in [-0.2, 0) is 0 Å². The first kappa shape index (κ1) is 15.2. The molecule has 1 aliphatic heterocycles. The van der Waals surface area contributed by atoms with Crippen LogP contribution in [0.4, 0.5) is 5.69 Å². The van der Waals surface area contributed by atoms with Gasteiger partial charge in [-0.05, 0) is 36.6 Å². The summed E-state index contributed by atoms with van der Waals surface area (Å²) in [5, 5.41) is 9.56. The molecule has 1 heterocycles. The second-order valence-electron chi connectivity index (χ2n) is 5.23. The molecule has 0 radical (unpaired) electrons. The van der Waals surface area contributed by atoms with Crippen LogP contribution in [0.1, 0.15) is 43.5 Å². The molecule has 1 aromatic carbocycles. The van der Waals surface area contributed by atoms with Gasteiger partial charge >= 0.3 is 5.97 Å². The van der Waals surface area contributed by atoms with E-state index in [1.165, 1.54) is 19.3 Å². The number of thioether (sulfide) groups is 1. The Morgan fingerprint density at radius 1 is 1.35 bits per heavy atom. The van der Waals surface area contributed by atoms with Crippen LogP contribution in [0.5, 0.6) is 0 Å². The maximum Gasteiger partial charge on any atom is 0.338 e. The third-order valence-electron chi connectivity index (χ3n) is 4.05. The SMILES string of the molecule is CCSc1cccc(N2CCC(CC)CC2)c1C(=O)O. The van der Waals surface area contributed by atoms with Gasteiger partial charge in [-0.25, -0.2) is 4.79 Å². The number of piperidine rings is 1. The van der Waals surface area contributed by atoms with Crippen molar-refractivity contribution in [3.05, 3.63) is 23.8 Å². The number of carbonyl (C=O) groups is 1. The van der Waals surface area contributed by atoms with Crippen LogP contribution >= 0.6 is 11.8 Å². The first-order valence-corrected chi connectivity index (χ1v) is 8.40. The Labute approximate surface area is 125 Å². The number of carboxylic acid groups (broad SMARTS) is 1. The maximum absolute atomic E-state index is 11.6. The zero-order valence-electron chi connectivity index (χ0n) is 12.3. The summed E-state index contributed by atoms with van der Waals surface area (Å²) in [5.74, 6) is 0.878. The Kier molecular flexibility index (Phi) is 5.35. The van der Waals surface area contributed by atoms with Gasteiger partial charge in [0.15, 0.2) is 0 Å². The molecule has 0 aromatic heterocycles. The number of nitrogens with zero attached hydrogens (tertiary/aromatic N) is 1. The molecule has 1 fully saturated rings. The zero-order chi connectivity index (χ0) is 14.5. The van der Waals surface area contributed by atoms with Crippen molar-refractivity contribution in [2.75, 3.05) is 23.7 Å². The Hall–Kier alpha value is -1.16. The van der Waals surface area contributed by atoms with E-state index in [0.717, 1.165) is 35.3 Å². The summed E-state index contributed by atoms with van der Waals surface area (Å²) in [6.45, 7) is 6.23. The first-order chi connectivity index (χ1) is 9.67. The lowest BCUT2D eigenvalue weighted by molar-refractivity contribution is 0.0693. The van der Waals surface area contributed by atoms with Crippen LogP contribution in [0, 0.1) is 5.92 Å². The van der Waals surface area contributed by atoms with E-state index in [-0.39, 0.29) is 0 Å². The minimum absolute atomic E-state index is 0.481. The van der Waals surface area contributed by atoms with Gasteiger partial charge in [-0.15, -0.1) is 11.8 Å². The Morgan fingerprint density at radius 3 is 2.60 bits per heavy atom. The molecular formula is C16H23NO2S. The molecule has 0 bridgehead atoms. The number of carboxylic acids is 1. The molecular weight excluding hydrogens is 270 g/mol. The van der Waals surface area contributed by atoms with Gasteiger partial charge in [-0.2, -0.15) is 0 Å². The van der Waals surface area contributed by atoms with Crippen molar-refractivity contribution in [1.82, 2.24) is 0 Å². The van der Waals surface area contributed by atoms with E-state index in [9.17, 15) is 9.90 Å². The molecule has 0 amide bonds. The minimum atomic E-state index is -0.811. The molecule has 2 rings (SSSR count). The van der Waals surface area contributed by atoms with Crippen molar-refractivity contribution in [1.29, 1.82) is 0 Å². The van der Waals surface area contributed by atoms with E-state index < -0.39 is 5.97 Å². The van der Waals surface area contributed by atoms with Crippen LogP contribution in [0.3, 0.4) is 0 Å². The van der Waals surface area contributed by atoms with E-state index >= 15 is 0 Å². The highest BCUT2D eigenvalue weighted by Crippen LogP contribution is 2.33. The molecule has 110 valence electrons. The highest BCUT2D eigenvalue weighted by molar-refractivity contribution is 7.99. The fourth-order valence-electron chi connectivity index (χ4n) is 2.86. The molecule has 4 heteroatoms. The topological polar surface area (TPSA) is 40.5 Å². The molecule has 3 nitrogen and oxygen atoms in total. The van der Waals surface area contributed by atoms with Crippen molar-refractivity contribution in [2.24, 2.45) is 5.92 Å². The lowest BCUT2D eigenvalue weighted by atomic mass is 9.94. The quantitative estimate of drug-likeness (QED) is 0.829. The molecule has 1 N–H and O–H groups in total. The highest BCUT2D eigenvalue weighted by atomic mass is 32.2. The van der Waals surface area contributed by atoms with Crippen LogP contribution in [0.2, 0.25) is 0 Å². The predicted octanol–water partition coefficient (Wildman–Crippen LogP) is 4.12.